The first kappa shape index (κ1) is 19.9. The Morgan fingerprint density at radius 2 is 1.87 bits per heavy atom. The zero-order valence-corrected chi connectivity index (χ0v) is 17.2. The number of imide groups is 1. The minimum atomic E-state index is -0.605. The van der Waals surface area contributed by atoms with Crippen molar-refractivity contribution in [3.8, 4) is 0 Å². The van der Waals surface area contributed by atoms with Gasteiger partial charge in [-0.1, -0.05) is 23.5 Å². The van der Waals surface area contributed by atoms with E-state index >= 15 is 0 Å². The van der Waals surface area contributed by atoms with Crippen LogP contribution in [0.1, 0.15) is 42.0 Å². The van der Waals surface area contributed by atoms with Gasteiger partial charge >= 0.3 is 0 Å². The summed E-state index contributed by atoms with van der Waals surface area (Å²) in [7, 11) is 0. The lowest BCUT2D eigenvalue weighted by molar-refractivity contribution is 0.0641. The molecule has 3 amide bonds. The van der Waals surface area contributed by atoms with Gasteiger partial charge in [-0.25, -0.2) is 4.98 Å². The van der Waals surface area contributed by atoms with Gasteiger partial charge in [0, 0.05) is 6.07 Å². The summed E-state index contributed by atoms with van der Waals surface area (Å²) in [5.74, 6) is -0.550. The molecule has 0 atom stereocenters. The Kier molecular flexibility index (Phi) is 5.42. The number of H-pyrrole nitrogens is 1. The molecule has 0 aliphatic carbocycles. The summed E-state index contributed by atoms with van der Waals surface area (Å²) in [6.45, 7) is -0.0546. The third-order valence-electron chi connectivity index (χ3n) is 4.16. The Labute approximate surface area is 177 Å². The number of aromatic amines is 1. The van der Waals surface area contributed by atoms with Crippen LogP contribution in [0, 0.1) is 0 Å². The number of nitrogens with zero attached hydrogens (tertiary/aromatic N) is 4. The zero-order valence-electron chi connectivity index (χ0n) is 15.5. The lowest BCUT2D eigenvalue weighted by atomic mass is 10.1. The first-order chi connectivity index (χ1) is 14.5. The predicted octanol–water partition coefficient (Wildman–Crippen LogP) is 1.53. The molecule has 1 aromatic carbocycles. The molecule has 3 aromatic rings. The van der Waals surface area contributed by atoms with E-state index in [0.717, 1.165) is 22.3 Å². The molecule has 0 fully saturated rings. The Morgan fingerprint density at radius 3 is 2.53 bits per heavy atom. The SMILES string of the molecule is CSCc1nc(C(=O)Nc2nnc(CN3C(=O)c4ccccc4C3=O)s2)cc(=O)[nH]1. The summed E-state index contributed by atoms with van der Waals surface area (Å²) in [5, 5.41) is 10.9. The van der Waals surface area contributed by atoms with Gasteiger partial charge in [0.2, 0.25) is 5.13 Å². The second kappa shape index (κ2) is 8.16. The van der Waals surface area contributed by atoms with Crippen molar-refractivity contribution in [1.29, 1.82) is 0 Å². The molecule has 2 aromatic heterocycles. The van der Waals surface area contributed by atoms with Crippen LogP contribution in [0.2, 0.25) is 0 Å². The summed E-state index contributed by atoms with van der Waals surface area (Å²) < 4.78 is 0. The van der Waals surface area contributed by atoms with Gasteiger partial charge in [0.05, 0.1) is 23.4 Å². The highest BCUT2D eigenvalue weighted by molar-refractivity contribution is 7.97. The van der Waals surface area contributed by atoms with Crippen LogP contribution in [0.25, 0.3) is 0 Å². The van der Waals surface area contributed by atoms with Crippen LogP contribution in [-0.4, -0.2) is 49.0 Å². The Morgan fingerprint density at radius 1 is 1.17 bits per heavy atom. The van der Waals surface area contributed by atoms with Crippen molar-refractivity contribution in [3.05, 3.63) is 68.3 Å². The van der Waals surface area contributed by atoms with E-state index in [4.69, 9.17) is 0 Å². The standard InChI is InChI=1S/C18H14N6O4S2/c1-29-8-12-19-11(6-13(25)20-12)15(26)21-18-23-22-14(30-18)7-24-16(27)9-4-2-3-5-10(9)17(24)28/h2-6H,7-8H2,1H3,(H,19,20,25)(H,21,23,26). The largest absolute Gasteiger partial charge is 0.310 e. The molecule has 0 saturated carbocycles. The molecular weight excluding hydrogens is 428 g/mol. The first-order valence-corrected chi connectivity index (χ1v) is 10.9. The minimum absolute atomic E-state index is 0.0418. The van der Waals surface area contributed by atoms with Crippen LogP contribution in [-0.2, 0) is 12.3 Å². The van der Waals surface area contributed by atoms with Gasteiger partial charge < -0.3 is 4.98 Å². The zero-order chi connectivity index (χ0) is 21.3. The van der Waals surface area contributed by atoms with Crippen molar-refractivity contribution in [3.63, 3.8) is 0 Å². The number of carbonyl (C=O) groups is 3. The molecule has 152 valence electrons. The molecule has 30 heavy (non-hydrogen) atoms. The first-order valence-electron chi connectivity index (χ1n) is 8.64. The maximum Gasteiger partial charge on any atom is 0.276 e. The molecule has 10 nitrogen and oxygen atoms in total. The van der Waals surface area contributed by atoms with Gasteiger partial charge in [-0.15, -0.1) is 10.2 Å². The topological polar surface area (TPSA) is 138 Å². The summed E-state index contributed by atoms with van der Waals surface area (Å²) in [6.07, 6.45) is 1.85. The Bertz CT molecular complexity index is 1190. The number of thioether (sulfide) groups is 1. The second-order valence-corrected chi connectivity index (χ2v) is 8.14. The van der Waals surface area contributed by atoms with Crippen LogP contribution in [0.15, 0.2) is 35.1 Å². The van der Waals surface area contributed by atoms with E-state index < -0.39 is 23.3 Å². The van der Waals surface area contributed by atoms with Crippen LogP contribution in [0.5, 0.6) is 0 Å². The number of rotatable bonds is 6. The van der Waals surface area contributed by atoms with Gasteiger partial charge in [-0.2, -0.15) is 11.8 Å². The fraction of sp³-hybridized carbons (Fsp3) is 0.167. The highest BCUT2D eigenvalue weighted by Gasteiger charge is 2.35. The number of hydrogen-bond donors (Lipinski definition) is 2. The molecule has 0 bridgehead atoms. The number of aromatic nitrogens is 4. The number of carbonyl (C=O) groups excluding carboxylic acids is 3. The van der Waals surface area contributed by atoms with Crippen molar-refractivity contribution >= 4 is 46.0 Å². The third-order valence-corrected chi connectivity index (χ3v) is 5.55. The van der Waals surface area contributed by atoms with Crippen LogP contribution >= 0.6 is 23.1 Å². The number of nitrogens with one attached hydrogen (secondary N) is 2. The molecule has 1 aliphatic heterocycles. The molecule has 3 heterocycles. The summed E-state index contributed by atoms with van der Waals surface area (Å²) in [5.41, 5.74) is 0.228. The van der Waals surface area contributed by atoms with Gasteiger partial charge in [0.15, 0.2) is 0 Å². The van der Waals surface area contributed by atoms with E-state index in [0.29, 0.717) is 27.7 Å². The number of benzene rings is 1. The van der Waals surface area contributed by atoms with Gasteiger partial charge in [0.1, 0.15) is 16.5 Å². The van der Waals surface area contributed by atoms with Gasteiger partial charge in [0.25, 0.3) is 23.3 Å². The highest BCUT2D eigenvalue weighted by atomic mass is 32.2. The number of hydrogen-bond acceptors (Lipinski definition) is 9. The molecule has 4 rings (SSSR count). The molecule has 0 spiro atoms. The molecule has 0 unspecified atom stereocenters. The van der Waals surface area contributed by atoms with E-state index in [1.54, 1.807) is 24.3 Å². The van der Waals surface area contributed by atoms with Crippen molar-refractivity contribution in [2.75, 3.05) is 11.6 Å². The predicted molar refractivity (Wildman–Crippen MR) is 111 cm³/mol. The molecule has 0 saturated heterocycles. The van der Waals surface area contributed by atoms with E-state index in [9.17, 15) is 19.2 Å². The van der Waals surface area contributed by atoms with Gasteiger partial charge in [-0.05, 0) is 18.4 Å². The van der Waals surface area contributed by atoms with Crippen LogP contribution < -0.4 is 10.9 Å². The van der Waals surface area contributed by atoms with Crippen molar-refractivity contribution in [2.24, 2.45) is 0 Å². The van der Waals surface area contributed by atoms with Crippen LogP contribution in [0.3, 0.4) is 0 Å². The van der Waals surface area contributed by atoms with E-state index in [1.807, 2.05) is 6.26 Å². The summed E-state index contributed by atoms with van der Waals surface area (Å²) in [4.78, 5) is 56.8. The smallest absolute Gasteiger partial charge is 0.276 e. The Hall–Kier alpha value is -3.38. The van der Waals surface area contributed by atoms with Crippen LogP contribution in [0.4, 0.5) is 5.13 Å². The van der Waals surface area contributed by atoms with Crippen molar-refractivity contribution in [2.45, 2.75) is 12.3 Å². The van der Waals surface area contributed by atoms with E-state index in [-0.39, 0.29) is 17.4 Å². The normalized spacial score (nSPS) is 12.9. The quantitative estimate of drug-likeness (QED) is 0.548. The molecule has 12 heteroatoms. The average molecular weight is 442 g/mol. The monoisotopic (exact) mass is 442 g/mol. The number of amides is 3. The second-order valence-electron chi connectivity index (χ2n) is 6.21. The van der Waals surface area contributed by atoms with Crippen molar-refractivity contribution in [1.82, 2.24) is 25.1 Å². The minimum Gasteiger partial charge on any atom is -0.310 e. The van der Waals surface area contributed by atoms with E-state index in [1.165, 1.54) is 11.8 Å². The Balaban J connectivity index is 1.47. The lowest BCUT2D eigenvalue weighted by Crippen LogP contribution is -2.29. The molecular formula is C18H14N6O4S2. The number of anilines is 1. The fourth-order valence-corrected chi connectivity index (χ4v) is 4.01. The summed E-state index contributed by atoms with van der Waals surface area (Å²) >= 11 is 2.48. The maximum absolute atomic E-state index is 12.4. The average Bonchev–Trinajstić information content (AvgIpc) is 3.26. The van der Waals surface area contributed by atoms with Gasteiger partial charge in [-0.3, -0.25) is 29.4 Å². The maximum atomic E-state index is 12.4. The van der Waals surface area contributed by atoms with Crippen molar-refractivity contribution < 1.29 is 14.4 Å². The third kappa shape index (κ3) is 3.86. The highest BCUT2D eigenvalue weighted by Crippen LogP contribution is 2.26. The fourth-order valence-electron chi connectivity index (χ4n) is 2.88. The molecule has 1 aliphatic rings. The molecule has 0 radical (unpaired) electrons. The lowest BCUT2D eigenvalue weighted by Gasteiger charge is -2.10. The summed E-state index contributed by atoms with van der Waals surface area (Å²) in [6, 6.07) is 7.68. The van der Waals surface area contributed by atoms with E-state index in [2.05, 4.69) is 25.5 Å². The number of fused-ring (bicyclic) bond motifs is 1. The molecule has 2 N–H and O–H groups in total.